The topological polar surface area (TPSA) is 70.7 Å². The predicted octanol–water partition coefficient (Wildman–Crippen LogP) is 5.64. The average Bonchev–Trinajstić information content (AvgIpc) is 2.89. The Morgan fingerprint density at radius 3 is 2.62 bits per heavy atom. The summed E-state index contributed by atoms with van der Waals surface area (Å²) in [5.41, 5.74) is 1.79. The summed E-state index contributed by atoms with van der Waals surface area (Å²) < 4.78 is 6.22. The van der Waals surface area contributed by atoms with Crippen molar-refractivity contribution in [3.05, 3.63) is 23.0 Å². The van der Waals surface area contributed by atoms with Gasteiger partial charge < -0.3 is 14.6 Å². The molecule has 0 radical (unpaired) electrons. The Morgan fingerprint density at radius 2 is 1.92 bits per heavy atom. The van der Waals surface area contributed by atoms with Crippen LogP contribution in [0.2, 0.25) is 0 Å². The first kappa shape index (κ1) is 17.4. The fourth-order valence-electron chi connectivity index (χ4n) is 5.97. The number of hydrogen-bond donors (Lipinski definition) is 2. The highest BCUT2D eigenvalue weighted by atomic mass is 16.3. The van der Waals surface area contributed by atoms with E-state index < -0.39 is 5.75 Å². The second-order valence-electron chi connectivity index (χ2n) is 9.28. The lowest BCUT2D eigenvalue weighted by Crippen LogP contribution is -2.44. The van der Waals surface area contributed by atoms with Crippen molar-refractivity contribution < 1.29 is 19.4 Å². The van der Waals surface area contributed by atoms with Gasteiger partial charge in [-0.15, -0.1) is 0 Å². The zero-order chi connectivity index (χ0) is 18.9. The van der Waals surface area contributed by atoms with Crippen LogP contribution in [0.4, 0.5) is 0 Å². The molecule has 1 aromatic carbocycles. The van der Waals surface area contributed by atoms with Crippen molar-refractivity contribution in [2.24, 2.45) is 11.3 Å². The number of benzene rings is 1. The molecule has 4 nitrogen and oxygen atoms in total. The fourth-order valence-corrected chi connectivity index (χ4v) is 5.97. The van der Waals surface area contributed by atoms with E-state index in [2.05, 4.69) is 27.7 Å². The first-order valence-electron chi connectivity index (χ1n) is 9.67. The standard InChI is InChI=1S/C22H28O4/c1-12-6-7-16-21(2,3)8-5-9-22(16,4)17-13-10-15(24)18(25)14(11-23)20(13)26-19(12)17/h10-12,16,24-25H,5-9H2,1-4H3/t12?,16-,22-/m0/s1. The van der Waals surface area contributed by atoms with Crippen LogP contribution in [0.25, 0.3) is 11.0 Å². The summed E-state index contributed by atoms with van der Waals surface area (Å²) in [5.74, 6) is 1.05. The van der Waals surface area contributed by atoms with Crippen molar-refractivity contribution in [1.29, 1.82) is 0 Å². The van der Waals surface area contributed by atoms with Crippen molar-refractivity contribution in [2.75, 3.05) is 0 Å². The van der Waals surface area contributed by atoms with E-state index in [4.69, 9.17) is 4.42 Å². The molecular formula is C22H28O4. The monoisotopic (exact) mass is 356 g/mol. The summed E-state index contributed by atoms with van der Waals surface area (Å²) in [6.45, 7) is 9.24. The number of aromatic hydroxyl groups is 2. The Hall–Kier alpha value is -1.97. The smallest absolute Gasteiger partial charge is 0.172 e. The Kier molecular flexibility index (Phi) is 3.70. The van der Waals surface area contributed by atoms with E-state index >= 15 is 0 Å². The summed E-state index contributed by atoms with van der Waals surface area (Å²) >= 11 is 0. The van der Waals surface area contributed by atoms with Crippen molar-refractivity contribution >= 4 is 17.3 Å². The Labute approximate surface area is 154 Å². The Bertz CT molecular complexity index is 891. The minimum atomic E-state index is -0.394. The molecule has 2 N–H and O–H groups in total. The van der Waals surface area contributed by atoms with E-state index in [9.17, 15) is 15.0 Å². The molecule has 0 amide bonds. The zero-order valence-corrected chi connectivity index (χ0v) is 16.1. The number of furan rings is 1. The quantitative estimate of drug-likeness (QED) is 0.512. The van der Waals surface area contributed by atoms with Crippen molar-refractivity contribution in [1.82, 2.24) is 0 Å². The molecule has 0 spiro atoms. The van der Waals surface area contributed by atoms with Crippen LogP contribution in [-0.4, -0.2) is 16.5 Å². The second-order valence-corrected chi connectivity index (χ2v) is 9.28. The SMILES string of the molecule is CC1CC[C@H]2C(C)(C)CCC[C@]2(C)c2c1oc1c(C=O)c(O)c(O)cc21. The molecule has 0 bridgehead atoms. The fraction of sp³-hybridized carbons (Fsp3) is 0.591. The average molecular weight is 356 g/mol. The van der Waals surface area contributed by atoms with Gasteiger partial charge in [0.2, 0.25) is 0 Å². The van der Waals surface area contributed by atoms with Gasteiger partial charge in [0.25, 0.3) is 0 Å². The van der Waals surface area contributed by atoms with Gasteiger partial charge in [-0.1, -0.05) is 34.1 Å². The van der Waals surface area contributed by atoms with Gasteiger partial charge in [-0.25, -0.2) is 0 Å². The maximum Gasteiger partial charge on any atom is 0.172 e. The lowest BCUT2D eigenvalue weighted by Gasteiger charge is -2.50. The summed E-state index contributed by atoms with van der Waals surface area (Å²) in [6, 6.07) is 1.59. The Balaban J connectivity index is 2.09. The normalized spacial score (nSPS) is 30.5. The third-order valence-corrected chi connectivity index (χ3v) is 7.25. The van der Waals surface area contributed by atoms with Gasteiger partial charge in [-0.3, -0.25) is 4.79 Å². The maximum absolute atomic E-state index is 11.6. The molecule has 2 aromatic rings. The minimum absolute atomic E-state index is 0.0514. The first-order valence-corrected chi connectivity index (χ1v) is 9.67. The van der Waals surface area contributed by atoms with Gasteiger partial charge >= 0.3 is 0 Å². The first-order chi connectivity index (χ1) is 12.2. The molecule has 4 heteroatoms. The lowest BCUT2D eigenvalue weighted by molar-refractivity contribution is 0.0504. The molecular weight excluding hydrogens is 328 g/mol. The van der Waals surface area contributed by atoms with Crippen LogP contribution in [0.3, 0.4) is 0 Å². The van der Waals surface area contributed by atoms with Crippen LogP contribution in [0.5, 0.6) is 11.5 Å². The second kappa shape index (κ2) is 5.51. The summed E-state index contributed by atoms with van der Waals surface area (Å²) in [4.78, 5) is 11.6. The number of phenols is 2. The molecule has 1 heterocycles. The third-order valence-electron chi connectivity index (χ3n) is 7.25. The third kappa shape index (κ3) is 2.17. The molecule has 3 atom stereocenters. The molecule has 1 saturated carbocycles. The largest absolute Gasteiger partial charge is 0.504 e. The van der Waals surface area contributed by atoms with Crippen LogP contribution in [0.1, 0.15) is 87.4 Å². The highest BCUT2D eigenvalue weighted by molar-refractivity contribution is 6.01. The molecule has 2 aliphatic carbocycles. The van der Waals surface area contributed by atoms with Crippen molar-refractivity contribution in [3.63, 3.8) is 0 Å². The van der Waals surface area contributed by atoms with Gasteiger partial charge in [0.1, 0.15) is 16.9 Å². The summed E-state index contributed by atoms with van der Waals surface area (Å²) in [5, 5.41) is 21.1. The molecule has 140 valence electrons. The maximum atomic E-state index is 11.6. The van der Waals surface area contributed by atoms with Crippen LogP contribution in [-0.2, 0) is 5.41 Å². The molecule has 1 aromatic heterocycles. The highest BCUT2D eigenvalue weighted by Gasteiger charge is 2.51. The molecule has 0 aliphatic heterocycles. The lowest BCUT2D eigenvalue weighted by atomic mass is 9.53. The van der Waals surface area contributed by atoms with Crippen LogP contribution < -0.4 is 0 Å². The number of rotatable bonds is 1. The molecule has 2 aliphatic rings. The van der Waals surface area contributed by atoms with Gasteiger partial charge in [-0.2, -0.15) is 0 Å². The van der Waals surface area contributed by atoms with Gasteiger partial charge in [0, 0.05) is 16.9 Å². The van der Waals surface area contributed by atoms with E-state index in [1.807, 2.05) is 0 Å². The molecule has 1 fully saturated rings. The van der Waals surface area contributed by atoms with Crippen LogP contribution >= 0.6 is 0 Å². The van der Waals surface area contributed by atoms with Crippen LogP contribution in [0, 0.1) is 11.3 Å². The van der Waals surface area contributed by atoms with Crippen molar-refractivity contribution in [2.45, 2.75) is 71.1 Å². The molecule has 4 rings (SSSR count). The zero-order valence-electron chi connectivity index (χ0n) is 16.1. The number of aldehydes is 1. The summed E-state index contributed by atoms with van der Waals surface area (Å²) in [7, 11) is 0. The number of hydrogen-bond acceptors (Lipinski definition) is 4. The van der Waals surface area contributed by atoms with E-state index in [-0.39, 0.29) is 28.1 Å². The van der Waals surface area contributed by atoms with Gasteiger partial charge in [-0.05, 0) is 48.5 Å². The van der Waals surface area contributed by atoms with E-state index in [0.29, 0.717) is 17.8 Å². The molecule has 1 unspecified atom stereocenters. The van der Waals surface area contributed by atoms with Crippen LogP contribution in [0.15, 0.2) is 10.5 Å². The number of fused-ring (bicyclic) bond motifs is 5. The Morgan fingerprint density at radius 1 is 1.19 bits per heavy atom. The summed E-state index contributed by atoms with van der Waals surface area (Å²) in [6.07, 6.45) is 6.23. The van der Waals surface area contributed by atoms with Gasteiger partial charge in [0.05, 0.1) is 0 Å². The predicted molar refractivity (Wildman–Crippen MR) is 101 cm³/mol. The van der Waals surface area contributed by atoms with E-state index in [0.717, 1.165) is 42.4 Å². The number of carbonyl (C=O) groups is 1. The van der Waals surface area contributed by atoms with Gasteiger partial charge in [0.15, 0.2) is 17.8 Å². The minimum Gasteiger partial charge on any atom is -0.504 e. The number of phenolic OH excluding ortho intramolecular Hbond substituents is 2. The van der Waals surface area contributed by atoms with E-state index in [1.54, 1.807) is 6.07 Å². The van der Waals surface area contributed by atoms with E-state index in [1.165, 1.54) is 6.42 Å². The number of carbonyl (C=O) groups excluding carboxylic acids is 1. The molecule has 26 heavy (non-hydrogen) atoms. The highest BCUT2D eigenvalue weighted by Crippen LogP contribution is 2.60. The molecule has 0 saturated heterocycles. The van der Waals surface area contributed by atoms with Crippen molar-refractivity contribution in [3.8, 4) is 11.5 Å².